The zero-order valence-corrected chi connectivity index (χ0v) is 46.6. The lowest BCUT2D eigenvalue weighted by Gasteiger charge is -2.26. The zero-order valence-electron chi connectivity index (χ0n) is 45.7. The number of phosphoric acid groups is 1. The van der Waals surface area contributed by atoms with Crippen LogP contribution >= 0.6 is 7.82 Å². The van der Waals surface area contributed by atoms with Gasteiger partial charge in [0.1, 0.15) is 13.2 Å². The van der Waals surface area contributed by atoms with Crippen LogP contribution < -0.4 is 5.32 Å². The molecule has 67 heavy (non-hydrogen) atoms. The van der Waals surface area contributed by atoms with Crippen LogP contribution in [0.2, 0.25) is 0 Å². The number of aliphatic hydroxyl groups is 1. The van der Waals surface area contributed by atoms with Crippen LogP contribution in [0.1, 0.15) is 303 Å². The molecule has 0 aromatic heterocycles. The maximum atomic E-state index is 13.0. The van der Waals surface area contributed by atoms with Crippen LogP contribution in [0.15, 0.2) is 12.2 Å². The van der Waals surface area contributed by atoms with Crippen LogP contribution in [-0.4, -0.2) is 73.4 Å². The van der Waals surface area contributed by atoms with Gasteiger partial charge in [-0.15, -0.1) is 0 Å². The van der Waals surface area contributed by atoms with Gasteiger partial charge in [0.15, 0.2) is 0 Å². The summed E-state index contributed by atoms with van der Waals surface area (Å²) in [7, 11) is 1.63. The molecular formula is C58H118N2O6P+. The summed E-state index contributed by atoms with van der Waals surface area (Å²) in [6.07, 6.45) is 61.4. The minimum atomic E-state index is -4.32. The van der Waals surface area contributed by atoms with Gasteiger partial charge in [0.2, 0.25) is 5.91 Å². The number of aliphatic hydroxyl groups excluding tert-OH is 1. The second-order valence-electron chi connectivity index (χ2n) is 21.7. The Kier molecular flexibility index (Phi) is 49.6. The number of allylic oxidation sites excluding steroid dienone is 2. The summed E-state index contributed by atoms with van der Waals surface area (Å²) in [4.78, 5) is 23.3. The van der Waals surface area contributed by atoms with Gasteiger partial charge in [-0.25, -0.2) is 4.57 Å². The van der Waals surface area contributed by atoms with E-state index in [0.717, 1.165) is 38.5 Å². The molecule has 0 bridgehead atoms. The van der Waals surface area contributed by atoms with E-state index in [1.165, 1.54) is 238 Å². The van der Waals surface area contributed by atoms with E-state index in [9.17, 15) is 19.4 Å². The Morgan fingerprint density at radius 3 is 1.15 bits per heavy atom. The molecule has 3 unspecified atom stereocenters. The van der Waals surface area contributed by atoms with E-state index in [1.54, 1.807) is 0 Å². The summed E-state index contributed by atoms with van der Waals surface area (Å²) >= 11 is 0. The Balaban J connectivity index is 3.99. The van der Waals surface area contributed by atoms with Gasteiger partial charge >= 0.3 is 7.82 Å². The number of carbonyl (C=O) groups is 1. The largest absolute Gasteiger partial charge is 0.472 e. The SMILES string of the molecule is CCCCCCCCCCCCCC/C=C\CCCCCCCCCCCCCCCCCC(=O)NC(COP(=O)(O)OCC[N+](C)(C)C)C(O)CCCCCCCCCCCCCCCC. The van der Waals surface area contributed by atoms with Crippen LogP contribution in [0.3, 0.4) is 0 Å². The summed E-state index contributed by atoms with van der Waals surface area (Å²) < 4.78 is 23.8. The molecule has 8 nitrogen and oxygen atoms in total. The van der Waals surface area contributed by atoms with Gasteiger partial charge in [-0.3, -0.25) is 13.8 Å². The van der Waals surface area contributed by atoms with Gasteiger partial charge in [-0.05, 0) is 38.5 Å². The Morgan fingerprint density at radius 1 is 0.493 bits per heavy atom. The summed E-state index contributed by atoms with van der Waals surface area (Å²) in [6.45, 7) is 4.93. The van der Waals surface area contributed by atoms with Crippen molar-refractivity contribution in [2.45, 2.75) is 315 Å². The van der Waals surface area contributed by atoms with Crippen LogP contribution in [0, 0.1) is 0 Å². The van der Waals surface area contributed by atoms with Crippen molar-refractivity contribution in [2.75, 3.05) is 40.9 Å². The smallest absolute Gasteiger partial charge is 0.391 e. The average molecular weight is 971 g/mol. The van der Waals surface area contributed by atoms with Crippen LogP contribution in [0.25, 0.3) is 0 Å². The van der Waals surface area contributed by atoms with Gasteiger partial charge in [0.05, 0.1) is 39.9 Å². The molecule has 0 aromatic carbocycles. The fraction of sp³-hybridized carbons (Fsp3) is 0.948. The highest BCUT2D eigenvalue weighted by molar-refractivity contribution is 7.47. The van der Waals surface area contributed by atoms with Crippen molar-refractivity contribution in [1.82, 2.24) is 5.32 Å². The number of rotatable bonds is 55. The molecular weight excluding hydrogens is 852 g/mol. The molecule has 0 spiro atoms. The van der Waals surface area contributed by atoms with E-state index < -0.39 is 20.0 Å². The summed E-state index contributed by atoms with van der Waals surface area (Å²) in [6, 6.07) is -0.756. The van der Waals surface area contributed by atoms with E-state index >= 15 is 0 Å². The monoisotopic (exact) mass is 970 g/mol. The van der Waals surface area contributed by atoms with Crippen molar-refractivity contribution in [1.29, 1.82) is 0 Å². The quantitative estimate of drug-likeness (QED) is 0.0243. The maximum Gasteiger partial charge on any atom is 0.472 e. The molecule has 0 fully saturated rings. The molecule has 0 saturated carbocycles. The number of carbonyl (C=O) groups excluding carboxylic acids is 1. The summed E-state index contributed by atoms with van der Waals surface area (Å²) in [5.74, 6) is -0.139. The van der Waals surface area contributed by atoms with Gasteiger partial charge in [-0.1, -0.05) is 270 Å². The van der Waals surface area contributed by atoms with Crippen molar-refractivity contribution in [2.24, 2.45) is 0 Å². The molecule has 0 aliphatic rings. The Hall–Kier alpha value is -0.760. The third-order valence-corrected chi connectivity index (χ3v) is 14.7. The molecule has 400 valence electrons. The minimum absolute atomic E-state index is 0.0775. The molecule has 3 N–H and O–H groups in total. The number of unbranched alkanes of at least 4 members (excludes halogenated alkanes) is 40. The standard InChI is InChI=1S/C58H117N2O6P/c1-6-8-10-12-14-16-18-20-22-23-24-25-26-27-28-29-30-31-32-33-34-35-36-37-38-40-42-44-46-48-50-52-58(62)59-56(55-66-67(63,64)65-54-53-60(3,4)5)57(61)51-49-47-45-43-41-39-21-19-17-15-13-11-9-7-2/h27-28,56-57,61H,6-26,29-55H2,1-5H3,(H-,59,62,63,64)/p+1/b28-27-. The minimum Gasteiger partial charge on any atom is -0.391 e. The highest BCUT2D eigenvalue weighted by Gasteiger charge is 2.28. The number of nitrogens with zero attached hydrogens (tertiary/aromatic N) is 1. The first-order chi connectivity index (χ1) is 32.5. The highest BCUT2D eigenvalue weighted by Crippen LogP contribution is 2.43. The van der Waals surface area contributed by atoms with Gasteiger partial charge < -0.3 is 19.8 Å². The first-order valence-electron chi connectivity index (χ1n) is 29.6. The predicted molar refractivity (Wildman–Crippen MR) is 291 cm³/mol. The summed E-state index contributed by atoms with van der Waals surface area (Å²) in [5.41, 5.74) is 0. The van der Waals surface area contributed by atoms with E-state index in [1.807, 2.05) is 21.1 Å². The lowest BCUT2D eigenvalue weighted by atomic mass is 10.0. The Bertz CT molecular complexity index is 1100. The molecule has 0 saturated heterocycles. The van der Waals surface area contributed by atoms with Crippen molar-refractivity contribution < 1.29 is 32.9 Å². The maximum absolute atomic E-state index is 13.0. The number of hydrogen-bond donors (Lipinski definition) is 3. The predicted octanol–water partition coefficient (Wildman–Crippen LogP) is 17.8. The third kappa shape index (κ3) is 52.9. The number of amides is 1. The van der Waals surface area contributed by atoms with Crippen molar-refractivity contribution in [3.8, 4) is 0 Å². The van der Waals surface area contributed by atoms with Gasteiger partial charge in [0.25, 0.3) is 0 Å². The van der Waals surface area contributed by atoms with Crippen LogP contribution in [-0.2, 0) is 18.4 Å². The second-order valence-corrected chi connectivity index (χ2v) is 23.2. The average Bonchev–Trinajstić information content (AvgIpc) is 3.29. The van der Waals surface area contributed by atoms with Gasteiger partial charge in [-0.2, -0.15) is 0 Å². The zero-order chi connectivity index (χ0) is 49.2. The van der Waals surface area contributed by atoms with Crippen molar-refractivity contribution >= 4 is 13.7 Å². The first kappa shape index (κ1) is 66.2. The first-order valence-corrected chi connectivity index (χ1v) is 31.0. The number of phosphoric ester groups is 1. The van der Waals surface area contributed by atoms with E-state index in [2.05, 4.69) is 31.3 Å². The lowest BCUT2D eigenvalue weighted by molar-refractivity contribution is -0.870. The van der Waals surface area contributed by atoms with E-state index in [0.29, 0.717) is 23.9 Å². The van der Waals surface area contributed by atoms with Crippen LogP contribution in [0.4, 0.5) is 0 Å². The normalized spacial score (nSPS) is 14.0. The second kappa shape index (κ2) is 50.2. The Morgan fingerprint density at radius 2 is 0.806 bits per heavy atom. The molecule has 0 radical (unpaired) electrons. The third-order valence-electron chi connectivity index (χ3n) is 13.8. The topological polar surface area (TPSA) is 105 Å². The van der Waals surface area contributed by atoms with E-state index in [-0.39, 0.29) is 19.1 Å². The number of quaternary nitrogens is 1. The molecule has 0 rings (SSSR count). The van der Waals surface area contributed by atoms with Crippen LogP contribution in [0.5, 0.6) is 0 Å². The van der Waals surface area contributed by atoms with Gasteiger partial charge in [0, 0.05) is 6.42 Å². The molecule has 0 aromatic rings. The molecule has 0 heterocycles. The Labute approximate surface area is 418 Å². The number of hydrogen-bond acceptors (Lipinski definition) is 5. The fourth-order valence-corrected chi connectivity index (χ4v) is 9.84. The summed E-state index contributed by atoms with van der Waals surface area (Å²) in [5, 5.41) is 14.0. The molecule has 0 aliphatic heterocycles. The molecule has 0 aliphatic carbocycles. The molecule has 3 atom stereocenters. The van der Waals surface area contributed by atoms with E-state index in [4.69, 9.17) is 9.05 Å². The highest BCUT2D eigenvalue weighted by atomic mass is 31.2. The van der Waals surface area contributed by atoms with Crippen molar-refractivity contribution in [3.05, 3.63) is 12.2 Å². The molecule has 9 heteroatoms. The fourth-order valence-electron chi connectivity index (χ4n) is 9.10. The number of nitrogens with one attached hydrogen (secondary N) is 1. The number of likely N-dealkylation sites (N-methyl/N-ethyl adjacent to an activating group) is 1. The molecule has 1 amide bonds. The van der Waals surface area contributed by atoms with Crippen molar-refractivity contribution in [3.63, 3.8) is 0 Å². The lowest BCUT2D eigenvalue weighted by Crippen LogP contribution is -2.46.